The molecule has 3 N–H and O–H groups in total. The van der Waals surface area contributed by atoms with Gasteiger partial charge in [-0.15, -0.1) is 0 Å². The first kappa shape index (κ1) is 23.3. The van der Waals surface area contributed by atoms with Crippen molar-refractivity contribution in [3.63, 3.8) is 0 Å². The number of fused-ring (bicyclic) bond motifs is 2. The number of nitrogens with zero attached hydrogens (tertiary/aromatic N) is 2. The normalized spacial score (nSPS) is 35.6. The smallest absolute Gasteiger partial charge is 0.228 e. The lowest BCUT2D eigenvalue weighted by molar-refractivity contribution is -0.128. The predicted molar refractivity (Wildman–Crippen MR) is 132 cm³/mol. The van der Waals surface area contributed by atoms with Gasteiger partial charge in [0.1, 0.15) is 6.17 Å². The molecule has 2 aliphatic carbocycles. The topological polar surface area (TPSA) is 114 Å². The molecule has 1 aromatic rings. The number of nitriles is 1. The van der Waals surface area contributed by atoms with Gasteiger partial charge in [-0.05, 0) is 62.3 Å². The Morgan fingerprint density at radius 3 is 2.66 bits per heavy atom. The van der Waals surface area contributed by atoms with Crippen molar-refractivity contribution in [3.05, 3.63) is 23.8 Å². The van der Waals surface area contributed by atoms with E-state index in [1.165, 1.54) is 0 Å². The third kappa shape index (κ3) is 3.68. The average molecular weight is 498 g/mol. The molecule has 3 heterocycles. The molecule has 8 nitrogen and oxygen atoms in total. The van der Waals surface area contributed by atoms with Crippen LogP contribution in [-0.2, 0) is 21.1 Å². The van der Waals surface area contributed by atoms with Crippen LogP contribution in [0.4, 0.5) is 5.69 Å². The molecule has 6 rings (SSSR count). The number of amides is 1. The van der Waals surface area contributed by atoms with E-state index >= 15 is 0 Å². The van der Waals surface area contributed by atoms with E-state index in [2.05, 4.69) is 27.1 Å². The van der Waals surface area contributed by atoms with Crippen molar-refractivity contribution in [3.8, 4) is 6.07 Å². The molecule has 9 heteroatoms. The molecule has 4 fully saturated rings. The summed E-state index contributed by atoms with van der Waals surface area (Å²) in [4.78, 5) is 13.5. The number of nitrogens with one attached hydrogen (secondary N) is 3. The fourth-order valence-electron chi connectivity index (χ4n) is 7.46. The second-order valence-corrected chi connectivity index (χ2v) is 13.5. The van der Waals surface area contributed by atoms with Gasteiger partial charge in [-0.3, -0.25) is 4.79 Å². The lowest BCUT2D eigenvalue weighted by Gasteiger charge is -2.39. The molecule has 0 radical (unpaired) electrons. The first-order valence-corrected chi connectivity index (χ1v) is 14.8. The summed E-state index contributed by atoms with van der Waals surface area (Å²) in [5.74, 6) is -0.271. The summed E-state index contributed by atoms with van der Waals surface area (Å²) in [6.07, 6.45) is 9.74. The van der Waals surface area contributed by atoms with Gasteiger partial charge >= 0.3 is 0 Å². The van der Waals surface area contributed by atoms with Crippen molar-refractivity contribution in [2.45, 2.75) is 98.5 Å². The van der Waals surface area contributed by atoms with Gasteiger partial charge < -0.3 is 10.6 Å². The molecule has 5 atom stereocenters. The van der Waals surface area contributed by atoms with Gasteiger partial charge in [0.05, 0.1) is 27.5 Å². The van der Waals surface area contributed by atoms with Gasteiger partial charge in [-0.2, -0.15) is 5.26 Å². The molecule has 1 aromatic carbocycles. The molecule has 35 heavy (non-hydrogen) atoms. The molecular weight excluding hydrogens is 462 g/mol. The zero-order chi connectivity index (χ0) is 24.2. The van der Waals surface area contributed by atoms with Crippen LogP contribution in [0.5, 0.6) is 0 Å². The van der Waals surface area contributed by atoms with E-state index in [0.29, 0.717) is 17.9 Å². The Morgan fingerprint density at radius 2 is 1.86 bits per heavy atom. The molecule has 0 bridgehead atoms. The SMILES string of the molecule is N#C[C@H]1CCCC[C@@H]1N1NC(Nc2ccc3c(c2)CC2(CCCCC2)S3(=O)=O)C2C(=O)NCCC21. The maximum absolute atomic E-state index is 13.4. The first-order valence-electron chi connectivity index (χ1n) is 13.3. The second-order valence-electron chi connectivity index (χ2n) is 11.2. The third-order valence-corrected chi connectivity index (χ3v) is 11.9. The molecule has 188 valence electrons. The van der Waals surface area contributed by atoms with E-state index in [1.807, 2.05) is 12.1 Å². The van der Waals surface area contributed by atoms with Crippen LogP contribution in [0.25, 0.3) is 0 Å². The summed E-state index contributed by atoms with van der Waals surface area (Å²) < 4.78 is 26.2. The highest BCUT2D eigenvalue weighted by Gasteiger charge is 2.53. The Balaban J connectivity index is 1.26. The van der Waals surface area contributed by atoms with Crippen molar-refractivity contribution >= 4 is 21.4 Å². The summed E-state index contributed by atoms with van der Waals surface area (Å²) in [7, 11) is -3.32. The third-order valence-electron chi connectivity index (χ3n) is 9.23. The van der Waals surface area contributed by atoms with Gasteiger partial charge in [0, 0.05) is 24.3 Å². The standard InChI is InChI=1S/C26H35N5O3S/c27-16-17-6-2-3-7-20(17)31-21-10-13-28-25(32)23(21)24(30-31)29-19-8-9-22-18(14-19)15-26(35(22,33)34)11-4-1-5-12-26/h8-9,14,17,20-21,23-24,29-30H,1-7,10-13,15H2,(H,28,32)/t17-,20+,21?,23?,24?/m1/s1. The van der Waals surface area contributed by atoms with Gasteiger partial charge in [0.25, 0.3) is 0 Å². The summed E-state index contributed by atoms with van der Waals surface area (Å²) in [5.41, 5.74) is 5.31. The van der Waals surface area contributed by atoms with Crippen molar-refractivity contribution < 1.29 is 13.2 Å². The first-order chi connectivity index (χ1) is 16.9. The Kier molecular flexibility index (Phi) is 5.82. The van der Waals surface area contributed by atoms with Crippen LogP contribution in [0.1, 0.15) is 69.8 Å². The van der Waals surface area contributed by atoms with Crippen molar-refractivity contribution in [1.82, 2.24) is 15.8 Å². The highest BCUT2D eigenvalue weighted by molar-refractivity contribution is 7.93. The van der Waals surface area contributed by atoms with Gasteiger partial charge in [0.2, 0.25) is 5.91 Å². The minimum atomic E-state index is -3.32. The van der Waals surface area contributed by atoms with Gasteiger partial charge in [-0.25, -0.2) is 18.9 Å². The zero-order valence-electron chi connectivity index (χ0n) is 20.1. The van der Waals surface area contributed by atoms with Crippen LogP contribution in [-0.4, -0.2) is 48.9 Å². The molecule has 1 spiro atoms. The van der Waals surface area contributed by atoms with Gasteiger partial charge in [-0.1, -0.05) is 32.1 Å². The van der Waals surface area contributed by atoms with E-state index in [4.69, 9.17) is 0 Å². The molecule has 3 aliphatic heterocycles. The van der Waals surface area contributed by atoms with Crippen LogP contribution in [0, 0.1) is 23.2 Å². The number of hydrogen-bond acceptors (Lipinski definition) is 7. The summed E-state index contributed by atoms with van der Waals surface area (Å²) in [6, 6.07) is 8.24. The Bertz CT molecular complexity index is 1160. The van der Waals surface area contributed by atoms with Crippen LogP contribution in [0.3, 0.4) is 0 Å². The largest absolute Gasteiger partial charge is 0.368 e. The number of anilines is 1. The number of hydrazine groups is 1. The number of rotatable bonds is 3. The highest BCUT2D eigenvalue weighted by atomic mass is 32.2. The second kappa shape index (κ2) is 8.75. The van der Waals surface area contributed by atoms with Crippen LogP contribution in [0.15, 0.2) is 23.1 Å². The van der Waals surface area contributed by atoms with Crippen LogP contribution >= 0.6 is 0 Å². The molecule has 2 saturated carbocycles. The monoisotopic (exact) mass is 497 g/mol. The Morgan fingerprint density at radius 1 is 1.06 bits per heavy atom. The molecule has 3 unspecified atom stereocenters. The summed E-state index contributed by atoms with van der Waals surface area (Å²) >= 11 is 0. The Hall–Kier alpha value is -2.15. The average Bonchev–Trinajstić information content (AvgIpc) is 3.32. The number of piperidine rings is 1. The van der Waals surface area contributed by atoms with E-state index in [9.17, 15) is 18.5 Å². The van der Waals surface area contributed by atoms with Crippen molar-refractivity contribution in [2.75, 3.05) is 11.9 Å². The molecule has 1 amide bonds. The van der Waals surface area contributed by atoms with E-state index in [1.54, 1.807) is 6.07 Å². The van der Waals surface area contributed by atoms with E-state index in [-0.39, 0.29) is 36.0 Å². The maximum atomic E-state index is 13.4. The summed E-state index contributed by atoms with van der Waals surface area (Å²) in [6.45, 7) is 0.646. The molecule has 2 saturated heterocycles. The van der Waals surface area contributed by atoms with E-state index in [0.717, 1.165) is 75.5 Å². The van der Waals surface area contributed by atoms with Gasteiger partial charge in [0.15, 0.2) is 9.84 Å². The van der Waals surface area contributed by atoms with E-state index < -0.39 is 14.6 Å². The number of hydrogen-bond donors (Lipinski definition) is 3. The zero-order valence-corrected chi connectivity index (χ0v) is 20.9. The van der Waals surface area contributed by atoms with Crippen molar-refractivity contribution in [2.24, 2.45) is 11.8 Å². The predicted octanol–water partition coefficient (Wildman–Crippen LogP) is 2.86. The number of benzene rings is 1. The minimum absolute atomic E-state index is 0.0301. The molecule has 0 aromatic heterocycles. The number of sulfone groups is 1. The fourth-order valence-corrected chi connectivity index (χ4v) is 9.82. The highest BCUT2D eigenvalue weighted by Crippen LogP contribution is 2.48. The number of carbonyl (C=O) groups is 1. The molecular formula is C26H35N5O3S. The maximum Gasteiger partial charge on any atom is 0.228 e. The van der Waals surface area contributed by atoms with Crippen molar-refractivity contribution in [1.29, 1.82) is 5.26 Å². The molecule has 5 aliphatic rings. The van der Waals surface area contributed by atoms with Crippen LogP contribution in [0.2, 0.25) is 0 Å². The van der Waals surface area contributed by atoms with Crippen LogP contribution < -0.4 is 16.1 Å². The quantitative estimate of drug-likeness (QED) is 0.588. The summed E-state index contributed by atoms with van der Waals surface area (Å²) in [5, 5.41) is 18.5. The lowest BCUT2D eigenvalue weighted by atomic mass is 9.83. The fraction of sp³-hybridized carbons (Fsp3) is 0.692. The minimum Gasteiger partial charge on any atom is -0.368 e. The lowest BCUT2D eigenvalue weighted by Crippen LogP contribution is -2.54. The number of carbonyl (C=O) groups excluding carboxylic acids is 1. The Labute approximate surface area is 207 Å².